The van der Waals surface area contributed by atoms with Crippen LogP contribution in [0, 0.1) is 13.8 Å². The quantitative estimate of drug-likeness (QED) is 0.604. The Labute approximate surface area is 75.8 Å². The summed E-state index contributed by atoms with van der Waals surface area (Å²) in [6.07, 6.45) is 1.33. The number of hydrogen-bond donors (Lipinski definition) is 0. The van der Waals surface area contributed by atoms with E-state index in [-0.39, 0.29) is 5.43 Å². The van der Waals surface area contributed by atoms with E-state index >= 15 is 0 Å². The fourth-order valence-corrected chi connectivity index (χ4v) is 1.16. The van der Waals surface area contributed by atoms with E-state index in [1.807, 2.05) is 0 Å². The molecule has 0 N–H and O–H groups in total. The van der Waals surface area contributed by atoms with Crippen molar-refractivity contribution in [3.8, 4) is 0 Å². The molecule has 1 aromatic heterocycles. The van der Waals surface area contributed by atoms with Gasteiger partial charge in [0.25, 0.3) is 0 Å². The molecule has 0 amide bonds. The summed E-state index contributed by atoms with van der Waals surface area (Å²) in [6.45, 7) is 11.1. The van der Waals surface area contributed by atoms with Crippen molar-refractivity contribution in [3.63, 3.8) is 0 Å². The first-order valence-electron chi connectivity index (χ1n) is 3.75. The zero-order valence-electron chi connectivity index (χ0n) is 6.78. The Kier molecular flexibility index (Phi) is 1.69. The van der Waals surface area contributed by atoms with Crippen molar-refractivity contribution >= 4 is 11.0 Å². The van der Waals surface area contributed by atoms with E-state index in [2.05, 4.69) is 0 Å². The molecule has 0 unspecified atom stereocenters. The molecule has 0 spiro atoms. The Balaban J connectivity index is 2.97. The Morgan fingerprint density at radius 2 is 1.85 bits per heavy atom. The fourth-order valence-electron chi connectivity index (χ4n) is 1.16. The van der Waals surface area contributed by atoms with Crippen LogP contribution >= 0.6 is 0 Å². The maximum Gasteiger partial charge on any atom is 0.192 e. The summed E-state index contributed by atoms with van der Waals surface area (Å²) in [5, 5.41) is 0.453. The zero-order chi connectivity index (χ0) is 9.42. The van der Waals surface area contributed by atoms with Gasteiger partial charge in [-0.3, -0.25) is 4.79 Å². The third kappa shape index (κ3) is 1.24. The van der Waals surface area contributed by atoms with E-state index in [1.165, 1.54) is 18.4 Å². The number of fused-ring (bicyclic) bond motifs is 1. The van der Waals surface area contributed by atoms with E-state index in [4.69, 9.17) is 18.3 Å². The summed E-state index contributed by atoms with van der Waals surface area (Å²) in [7, 11) is 0. The van der Waals surface area contributed by atoms with Gasteiger partial charge in [0.2, 0.25) is 0 Å². The summed E-state index contributed by atoms with van der Waals surface area (Å²) in [5.41, 5.74) is 1.15. The maximum atomic E-state index is 11.3. The predicted octanol–water partition coefficient (Wildman–Crippen LogP) is 1.91. The first-order valence-corrected chi connectivity index (χ1v) is 3.75. The lowest BCUT2D eigenvalue weighted by Gasteiger charge is -2.00. The second kappa shape index (κ2) is 2.73. The second-order valence-corrected chi connectivity index (χ2v) is 2.76. The molecular weight excluding hydrogens is 164 g/mol. The molecule has 0 fully saturated rings. The average molecular weight is 170 g/mol. The zero-order valence-corrected chi connectivity index (χ0v) is 6.78. The highest BCUT2D eigenvalue weighted by atomic mass is 16.3. The molecule has 0 saturated heterocycles. The molecule has 13 heavy (non-hydrogen) atoms. The van der Waals surface area contributed by atoms with Crippen LogP contribution in [0.2, 0.25) is 0 Å². The smallest absolute Gasteiger partial charge is 0.192 e. The monoisotopic (exact) mass is 170 g/mol. The van der Waals surface area contributed by atoms with Crippen LogP contribution in [0.4, 0.5) is 0 Å². The normalized spacial score (nSPS) is 10.6. The van der Waals surface area contributed by atoms with Gasteiger partial charge in [0.15, 0.2) is 5.43 Å². The molecule has 0 atom stereocenters. The van der Waals surface area contributed by atoms with E-state index < -0.39 is 0 Å². The van der Waals surface area contributed by atoms with Gasteiger partial charge < -0.3 is 4.42 Å². The van der Waals surface area contributed by atoms with Crippen molar-refractivity contribution in [3.05, 3.63) is 59.7 Å². The summed E-state index contributed by atoms with van der Waals surface area (Å²) >= 11 is 0. The van der Waals surface area contributed by atoms with Crippen LogP contribution in [0.5, 0.6) is 0 Å². The average Bonchev–Trinajstić information content (AvgIpc) is 2.09. The number of benzene rings is 1. The minimum Gasteiger partial charge on any atom is -0.464 e. The van der Waals surface area contributed by atoms with E-state index in [1.54, 1.807) is 6.07 Å². The maximum absolute atomic E-state index is 11.3. The van der Waals surface area contributed by atoms with Gasteiger partial charge in [0.05, 0.1) is 11.6 Å². The van der Waals surface area contributed by atoms with Crippen molar-refractivity contribution in [2.45, 2.75) is 0 Å². The molecule has 0 aliphatic carbocycles. The fraction of sp³-hybridized carbons (Fsp3) is 0. The van der Waals surface area contributed by atoms with Gasteiger partial charge in [0.1, 0.15) is 5.58 Å². The predicted molar refractivity (Wildman–Crippen MR) is 49.3 cm³/mol. The first-order chi connectivity index (χ1) is 6.18. The topological polar surface area (TPSA) is 30.2 Å². The third-order valence-corrected chi connectivity index (χ3v) is 1.87. The summed E-state index contributed by atoms with van der Waals surface area (Å²) in [4.78, 5) is 11.3. The minimum atomic E-state index is -0.118. The lowest BCUT2D eigenvalue weighted by Crippen LogP contribution is -1.98. The van der Waals surface area contributed by atoms with Crippen LogP contribution in [0.25, 0.3) is 11.0 Å². The van der Waals surface area contributed by atoms with Gasteiger partial charge in [0, 0.05) is 6.07 Å². The van der Waals surface area contributed by atoms with Crippen molar-refractivity contribution < 1.29 is 4.42 Å². The molecule has 0 bridgehead atoms. The van der Waals surface area contributed by atoms with Gasteiger partial charge >= 0.3 is 0 Å². The SMILES string of the molecule is [CH]c1cc2occc(=O)c2cc1[CH]. The molecule has 1 aromatic carbocycles. The molecule has 0 saturated carbocycles. The van der Waals surface area contributed by atoms with Crippen molar-refractivity contribution in [2.75, 3.05) is 0 Å². The standard InChI is InChI=1S/C11H6O2/c1-7-5-9-10(12)3-4-13-11(9)6-8(7)2/h1-6H. The van der Waals surface area contributed by atoms with Gasteiger partial charge in [-0.25, -0.2) is 0 Å². The lowest BCUT2D eigenvalue weighted by molar-refractivity contribution is 0.602. The Morgan fingerprint density at radius 1 is 1.15 bits per heavy atom. The van der Waals surface area contributed by atoms with Crippen molar-refractivity contribution in [1.29, 1.82) is 0 Å². The highest BCUT2D eigenvalue weighted by Crippen LogP contribution is 2.15. The third-order valence-electron chi connectivity index (χ3n) is 1.87. The minimum absolute atomic E-state index is 0.118. The summed E-state index contributed by atoms with van der Waals surface area (Å²) in [5.74, 6) is 0. The van der Waals surface area contributed by atoms with Gasteiger partial charge in [-0.1, -0.05) is 0 Å². The second-order valence-electron chi connectivity index (χ2n) is 2.76. The molecule has 1 heterocycles. The van der Waals surface area contributed by atoms with E-state index in [9.17, 15) is 4.79 Å². The first kappa shape index (κ1) is 8.05. The van der Waals surface area contributed by atoms with Crippen molar-refractivity contribution in [2.24, 2.45) is 0 Å². The molecular formula is C11H6O2. The van der Waals surface area contributed by atoms with E-state index in [0.29, 0.717) is 22.1 Å². The number of rotatable bonds is 0. The molecule has 0 aliphatic rings. The van der Waals surface area contributed by atoms with Gasteiger partial charge in [-0.2, -0.15) is 0 Å². The Hall–Kier alpha value is -1.57. The molecule has 0 aliphatic heterocycles. The molecule has 4 radical (unpaired) electrons. The summed E-state index contributed by atoms with van der Waals surface area (Å²) < 4.78 is 5.09. The van der Waals surface area contributed by atoms with Crippen LogP contribution in [0.1, 0.15) is 11.1 Å². The van der Waals surface area contributed by atoms with Crippen LogP contribution in [-0.4, -0.2) is 0 Å². The lowest BCUT2D eigenvalue weighted by atomic mass is 10.1. The highest BCUT2D eigenvalue weighted by Gasteiger charge is 2.02. The molecule has 2 aromatic rings. The molecule has 62 valence electrons. The highest BCUT2D eigenvalue weighted by molar-refractivity contribution is 5.78. The molecule has 2 heteroatoms. The van der Waals surface area contributed by atoms with Gasteiger partial charge in [-0.15, -0.1) is 0 Å². The van der Waals surface area contributed by atoms with Crippen LogP contribution in [0.3, 0.4) is 0 Å². The van der Waals surface area contributed by atoms with Crippen LogP contribution in [0.15, 0.2) is 33.7 Å². The van der Waals surface area contributed by atoms with Gasteiger partial charge in [-0.05, 0) is 37.1 Å². The van der Waals surface area contributed by atoms with Crippen LogP contribution < -0.4 is 5.43 Å². The Morgan fingerprint density at radius 3 is 2.62 bits per heavy atom. The van der Waals surface area contributed by atoms with E-state index in [0.717, 1.165) is 0 Å². The molecule has 2 nitrogen and oxygen atoms in total. The Bertz CT molecular complexity index is 509. The van der Waals surface area contributed by atoms with Crippen LogP contribution in [-0.2, 0) is 0 Å². The molecule has 2 rings (SSSR count). The number of hydrogen-bond acceptors (Lipinski definition) is 2. The summed E-state index contributed by atoms with van der Waals surface area (Å²) in [6, 6.07) is 4.42. The van der Waals surface area contributed by atoms with Crippen molar-refractivity contribution in [1.82, 2.24) is 0 Å². The largest absolute Gasteiger partial charge is 0.464 e.